The van der Waals surface area contributed by atoms with E-state index in [0.717, 1.165) is 30.7 Å². The maximum absolute atomic E-state index is 12.6. The molecule has 1 saturated heterocycles. The number of carbonyl (C=O) groups excluding carboxylic acids is 1. The summed E-state index contributed by atoms with van der Waals surface area (Å²) in [5.41, 5.74) is 5.19. The number of hydrogen-bond acceptors (Lipinski definition) is 3. The molecule has 9 heteroatoms. The summed E-state index contributed by atoms with van der Waals surface area (Å²) in [6.07, 6.45) is -3.49. The summed E-state index contributed by atoms with van der Waals surface area (Å²) in [5.74, 6) is -0.0705. The summed E-state index contributed by atoms with van der Waals surface area (Å²) >= 11 is 0. The molecule has 2 rings (SSSR count). The smallest absolute Gasteiger partial charge is 0.340 e. The Bertz CT molecular complexity index is 574. The van der Waals surface area contributed by atoms with E-state index < -0.39 is 17.3 Å². The number of rotatable bonds is 3. The number of benzene rings is 1. The highest BCUT2D eigenvalue weighted by Gasteiger charge is 2.30. The summed E-state index contributed by atoms with van der Waals surface area (Å²) < 4.78 is 37.8. The lowest BCUT2D eigenvalue weighted by Gasteiger charge is -2.28. The first-order valence-corrected chi connectivity index (χ1v) is 8.04. The maximum Gasteiger partial charge on any atom is 0.416 e. The van der Waals surface area contributed by atoms with E-state index in [0.29, 0.717) is 26.2 Å². The monoisotopic (exact) mass is 415 g/mol. The highest BCUT2D eigenvalue weighted by atomic mass is 35.5. The number of carbonyl (C=O) groups is 1. The van der Waals surface area contributed by atoms with Crippen LogP contribution in [0.15, 0.2) is 24.3 Å². The second kappa shape index (κ2) is 9.78. The van der Waals surface area contributed by atoms with E-state index in [9.17, 15) is 18.0 Å². The fraction of sp³-hybridized carbons (Fsp3) is 0.588. The van der Waals surface area contributed by atoms with Crippen molar-refractivity contribution in [3.05, 3.63) is 35.4 Å². The van der Waals surface area contributed by atoms with Crippen LogP contribution in [0.3, 0.4) is 0 Å². The molecule has 0 spiro atoms. The zero-order chi connectivity index (χ0) is 18.0. The van der Waals surface area contributed by atoms with Crippen LogP contribution in [0, 0.1) is 0 Å². The molecule has 150 valence electrons. The van der Waals surface area contributed by atoms with Crippen molar-refractivity contribution in [2.75, 3.05) is 26.2 Å². The molecule has 0 aromatic heterocycles. The molecule has 0 atom stereocenters. The van der Waals surface area contributed by atoms with Crippen LogP contribution in [0.5, 0.6) is 0 Å². The molecule has 0 saturated carbocycles. The van der Waals surface area contributed by atoms with Crippen LogP contribution in [0.1, 0.15) is 31.4 Å². The van der Waals surface area contributed by atoms with E-state index in [1.165, 1.54) is 12.1 Å². The van der Waals surface area contributed by atoms with Gasteiger partial charge >= 0.3 is 6.18 Å². The fourth-order valence-corrected chi connectivity index (χ4v) is 2.80. The number of halogens is 5. The highest BCUT2D eigenvalue weighted by Crippen LogP contribution is 2.29. The SMILES string of the molecule is CC(C)(N)C(=O)N1CCCN(Cc2ccc(C(F)(F)F)cc2)CC1.Cl.Cl. The third kappa shape index (κ3) is 6.95. The largest absolute Gasteiger partial charge is 0.416 e. The van der Waals surface area contributed by atoms with Crippen molar-refractivity contribution in [2.45, 2.75) is 38.5 Å². The van der Waals surface area contributed by atoms with Crippen LogP contribution in [-0.4, -0.2) is 47.4 Å². The van der Waals surface area contributed by atoms with Crippen molar-refractivity contribution in [2.24, 2.45) is 5.73 Å². The molecule has 4 nitrogen and oxygen atoms in total. The average Bonchev–Trinajstić information content (AvgIpc) is 2.71. The van der Waals surface area contributed by atoms with E-state index in [-0.39, 0.29) is 30.7 Å². The van der Waals surface area contributed by atoms with E-state index in [1.54, 1.807) is 18.7 Å². The molecule has 26 heavy (non-hydrogen) atoms. The van der Waals surface area contributed by atoms with E-state index in [4.69, 9.17) is 5.73 Å². The Morgan fingerprint density at radius 1 is 1.04 bits per heavy atom. The van der Waals surface area contributed by atoms with Crippen molar-refractivity contribution in [1.82, 2.24) is 9.80 Å². The van der Waals surface area contributed by atoms with Crippen molar-refractivity contribution in [3.8, 4) is 0 Å². The van der Waals surface area contributed by atoms with Crippen LogP contribution in [0.2, 0.25) is 0 Å². The van der Waals surface area contributed by atoms with Gasteiger partial charge in [0.05, 0.1) is 11.1 Å². The number of nitrogens with zero attached hydrogens (tertiary/aromatic N) is 2. The first-order valence-electron chi connectivity index (χ1n) is 8.04. The summed E-state index contributed by atoms with van der Waals surface area (Å²) in [6.45, 7) is 6.69. The van der Waals surface area contributed by atoms with Gasteiger partial charge in [-0.3, -0.25) is 9.69 Å². The van der Waals surface area contributed by atoms with Crippen molar-refractivity contribution in [1.29, 1.82) is 0 Å². The van der Waals surface area contributed by atoms with E-state index >= 15 is 0 Å². The molecule has 1 aromatic carbocycles. The van der Waals surface area contributed by atoms with Gasteiger partial charge in [-0.05, 0) is 38.0 Å². The number of hydrogen-bond donors (Lipinski definition) is 1. The topological polar surface area (TPSA) is 49.6 Å². The summed E-state index contributed by atoms with van der Waals surface area (Å²) in [4.78, 5) is 16.2. The van der Waals surface area contributed by atoms with Crippen LogP contribution in [0.4, 0.5) is 13.2 Å². The Kier molecular flexibility index (Phi) is 9.40. The third-order valence-corrected chi connectivity index (χ3v) is 4.11. The number of alkyl halides is 3. The Balaban J connectivity index is 0.00000312. The first kappa shape index (κ1) is 25.0. The zero-order valence-corrected chi connectivity index (χ0v) is 16.5. The van der Waals surface area contributed by atoms with Crippen LogP contribution in [-0.2, 0) is 17.5 Å². The van der Waals surface area contributed by atoms with Gasteiger partial charge in [-0.2, -0.15) is 13.2 Å². The second-order valence-corrected chi connectivity index (χ2v) is 6.84. The van der Waals surface area contributed by atoms with Gasteiger partial charge in [-0.15, -0.1) is 24.8 Å². The van der Waals surface area contributed by atoms with Crippen molar-refractivity contribution < 1.29 is 18.0 Å². The predicted molar refractivity (Wildman–Crippen MR) is 101 cm³/mol. The van der Waals surface area contributed by atoms with Gasteiger partial charge < -0.3 is 10.6 Å². The van der Waals surface area contributed by atoms with Crippen LogP contribution >= 0.6 is 24.8 Å². The molecule has 2 N–H and O–H groups in total. The van der Waals surface area contributed by atoms with E-state index in [1.807, 2.05) is 0 Å². The Hall–Kier alpha value is -1.02. The molecule has 1 amide bonds. The van der Waals surface area contributed by atoms with Gasteiger partial charge in [0.25, 0.3) is 0 Å². The van der Waals surface area contributed by atoms with Crippen molar-refractivity contribution >= 4 is 30.7 Å². The minimum atomic E-state index is -4.31. The molecule has 0 bridgehead atoms. The quantitative estimate of drug-likeness (QED) is 0.823. The van der Waals surface area contributed by atoms with Gasteiger partial charge in [0.15, 0.2) is 0 Å². The van der Waals surface area contributed by atoms with Crippen LogP contribution in [0.25, 0.3) is 0 Å². The number of amides is 1. The molecule has 1 aliphatic heterocycles. The van der Waals surface area contributed by atoms with Crippen LogP contribution < -0.4 is 5.73 Å². The Labute approximate surface area is 164 Å². The Morgan fingerprint density at radius 3 is 2.12 bits per heavy atom. The lowest BCUT2D eigenvalue weighted by atomic mass is 10.1. The zero-order valence-electron chi connectivity index (χ0n) is 14.9. The molecular weight excluding hydrogens is 390 g/mol. The summed E-state index contributed by atoms with van der Waals surface area (Å²) in [5, 5.41) is 0. The molecule has 0 radical (unpaired) electrons. The summed E-state index contributed by atoms with van der Waals surface area (Å²) in [7, 11) is 0. The fourth-order valence-electron chi connectivity index (χ4n) is 2.80. The normalized spacial score (nSPS) is 16.3. The first-order chi connectivity index (χ1) is 11.1. The van der Waals surface area contributed by atoms with E-state index in [2.05, 4.69) is 4.90 Å². The van der Waals surface area contributed by atoms with Gasteiger partial charge in [-0.1, -0.05) is 12.1 Å². The minimum Gasteiger partial charge on any atom is -0.340 e. The molecule has 0 unspecified atom stereocenters. The molecule has 1 fully saturated rings. The minimum absolute atomic E-state index is 0. The molecule has 0 aliphatic carbocycles. The lowest BCUT2D eigenvalue weighted by Crippen LogP contribution is -2.52. The summed E-state index contributed by atoms with van der Waals surface area (Å²) in [6, 6.07) is 5.25. The van der Waals surface area contributed by atoms with Gasteiger partial charge in [0.2, 0.25) is 5.91 Å². The molecule has 1 aromatic rings. The van der Waals surface area contributed by atoms with Crippen molar-refractivity contribution in [3.63, 3.8) is 0 Å². The van der Waals surface area contributed by atoms with Gasteiger partial charge in [-0.25, -0.2) is 0 Å². The third-order valence-electron chi connectivity index (χ3n) is 4.11. The highest BCUT2D eigenvalue weighted by molar-refractivity contribution is 5.86. The van der Waals surface area contributed by atoms with Gasteiger partial charge in [0, 0.05) is 32.7 Å². The molecular formula is C17H26Cl2F3N3O. The predicted octanol–water partition coefficient (Wildman–Crippen LogP) is 3.32. The molecule has 1 heterocycles. The maximum atomic E-state index is 12.6. The number of nitrogens with two attached hydrogens (primary N) is 1. The van der Waals surface area contributed by atoms with Gasteiger partial charge in [0.1, 0.15) is 0 Å². The molecule has 1 aliphatic rings. The lowest BCUT2D eigenvalue weighted by molar-refractivity contribution is -0.137. The standard InChI is InChI=1S/C17H24F3N3O.2ClH/c1-16(2,21)15(24)23-9-3-8-22(10-11-23)12-13-4-6-14(7-5-13)17(18,19)20;;/h4-7H,3,8-12,21H2,1-2H3;2*1H. The second-order valence-electron chi connectivity index (χ2n) is 6.84. The Morgan fingerprint density at radius 2 is 1.62 bits per heavy atom. The average molecular weight is 416 g/mol.